The van der Waals surface area contributed by atoms with Crippen LogP contribution in [0.25, 0.3) is 0 Å². The second kappa shape index (κ2) is 3.66. The summed E-state index contributed by atoms with van der Waals surface area (Å²) >= 11 is 8.70. The number of aromatic nitrogens is 1. The van der Waals surface area contributed by atoms with E-state index in [1.807, 2.05) is 0 Å². The number of alkyl halides is 2. The number of nitrogens with zero attached hydrogens (tertiary/aromatic N) is 1. The van der Waals surface area contributed by atoms with Gasteiger partial charge in [0.25, 0.3) is 6.43 Å². The van der Waals surface area contributed by atoms with Crippen LogP contribution < -0.4 is 0 Å². The first-order valence-corrected chi connectivity index (χ1v) is 4.30. The van der Waals surface area contributed by atoms with E-state index in [1.54, 1.807) is 6.92 Å². The van der Waals surface area contributed by atoms with Gasteiger partial charge in [0.1, 0.15) is 10.8 Å². The van der Waals surface area contributed by atoms with Gasteiger partial charge in [-0.15, -0.1) is 0 Å². The lowest BCUT2D eigenvalue weighted by Gasteiger charge is -2.03. The highest BCUT2D eigenvalue weighted by Crippen LogP contribution is 2.27. The van der Waals surface area contributed by atoms with Crippen molar-refractivity contribution in [2.45, 2.75) is 13.3 Å². The Labute approximate surface area is 81.9 Å². The molecule has 66 valence electrons. The van der Waals surface area contributed by atoms with Gasteiger partial charge in [0, 0.05) is 10.0 Å². The first-order valence-electron chi connectivity index (χ1n) is 3.13. The Morgan fingerprint density at radius 1 is 1.58 bits per heavy atom. The molecule has 1 rings (SSSR count). The Balaban J connectivity index is 3.21. The molecule has 0 aromatic carbocycles. The molecule has 0 saturated heterocycles. The Bertz CT molecular complexity index is 280. The van der Waals surface area contributed by atoms with Gasteiger partial charge in [-0.3, -0.25) is 0 Å². The molecule has 0 amide bonds. The topological polar surface area (TPSA) is 12.9 Å². The molecule has 0 unspecified atom stereocenters. The number of rotatable bonds is 1. The van der Waals surface area contributed by atoms with E-state index in [1.165, 1.54) is 6.07 Å². The van der Waals surface area contributed by atoms with Gasteiger partial charge < -0.3 is 0 Å². The van der Waals surface area contributed by atoms with Gasteiger partial charge in [-0.25, -0.2) is 13.8 Å². The fraction of sp³-hybridized carbons (Fsp3) is 0.286. The van der Waals surface area contributed by atoms with Crippen LogP contribution in [0.15, 0.2) is 10.5 Å². The number of hydrogen-bond acceptors (Lipinski definition) is 1. The molecule has 0 atom stereocenters. The minimum Gasteiger partial charge on any atom is -0.235 e. The molecule has 12 heavy (non-hydrogen) atoms. The summed E-state index contributed by atoms with van der Waals surface area (Å²) in [4.78, 5) is 3.52. The van der Waals surface area contributed by atoms with E-state index in [0.717, 1.165) is 0 Å². The second-order valence-corrected chi connectivity index (χ2v) is 3.46. The van der Waals surface area contributed by atoms with Crippen molar-refractivity contribution >= 4 is 27.5 Å². The molecule has 1 aromatic rings. The SMILES string of the molecule is Cc1c(Br)cc(C(F)F)nc1Cl. The van der Waals surface area contributed by atoms with Crippen LogP contribution in [0.2, 0.25) is 5.15 Å². The first-order chi connectivity index (χ1) is 5.52. The Hall–Kier alpha value is -0.220. The Morgan fingerprint density at radius 3 is 2.58 bits per heavy atom. The molecule has 1 nitrogen and oxygen atoms in total. The number of halogens is 4. The molecule has 0 aliphatic carbocycles. The standard InChI is InChI=1S/C7H5BrClF2N/c1-3-4(8)2-5(7(10)11)12-6(3)9/h2,7H,1H3. The van der Waals surface area contributed by atoms with E-state index >= 15 is 0 Å². The summed E-state index contributed by atoms with van der Waals surface area (Å²) in [5.41, 5.74) is 0.360. The van der Waals surface area contributed by atoms with Crippen molar-refractivity contribution < 1.29 is 8.78 Å². The average Bonchev–Trinajstić information content (AvgIpc) is 1.99. The molecule has 0 fully saturated rings. The summed E-state index contributed by atoms with van der Waals surface area (Å²) in [6.45, 7) is 1.70. The third-order valence-corrected chi connectivity index (χ3v) is 2.58. The highest BCUT2D eigenvalue weighted by molar-refractivity contribution is 9.10. The van der Waals surface area contributed by atoms with Crippen LogP contribution in [0.4, 0.5) is 8.78 Å². The van der Waals surface area contributed by atoms with Gasteiger partial charge in [-0.1, -0.05) is 27.5 Å². The maximum Gasteiger partial charge on any atom is 0.280 e. The molecule has 5 heteroatoms. The molecule has 0 saturated carbocycles. The highest BCUT2D eigenvalue weighted by atomic mass is 79.9. The summed E-state index contributed by atoms with van der Waals surface area (Å²) in [7, 11) is 0. The lowest BCUT2D eigenvalue weighted by Crippen LogP contribution is -1.93. The lowest BCUT2D eigenvalue weighted by atomic mass is 10.3. The van der Waals surface area contributed by atoms with E-state index < -0.39 is 6.43 Å². The molecule has 1 aromatic heterocycles. The zero-order valence-corrected chi connectivity index (χ0v) is 8.46. The second-order valence-electron chi connectivity index (χ2n) is 2.25. The van der Waals surface area contributed by atoms with E-state index in [9.17, 15) is 8.78 Å². The van der Waals surface area contributed by atoms with Gasteiger partial charge in [-0.05, 0) is 13.0 Å². The predicted octanol–water partition coefficient (Wildman–Crippen LogP) is 3.74. The van der Waals surface area contributed by atoms with Crippen molar-refractivity contribution in [1.82, 2.24) is 4.98 Å². The van der Waals surface area contributed by atoms with Gasteiger partial charge >= 0.3 is 0 Å². The minimum atomic E-state index is -2.58. The average molecular weight is 256 g/mol. The van der Waals surface area contributed by atoms with Crippen LogP contribution >= 0.6 is 27.5 Å². The lowest BCUT2D eigenvalue weighted by molar-refractivity contribution is 0.146. The maximum atomic E-state index is 12.1. The quantitative estimate of drug-likeness (QED) is 0.698. The fourth-order valence-electron chi connectivity index (χ4n) is 0.678. The molecule has 0 N–H and O–H groups in total. The molecule has 0 bridgehead atoms. The molecule has 0 aliphatic rings. The number of hydrogen-bond donors (Lipinski definition) is 0. The van der Waals surface area contributed by atoms with Crippen molar-refractivity contribution in [1.29, 1.82) is 0 Å². The van der Waals surface area contributed by atoms with Gasteiger partial charge in [0.15, 0.2) is 0 Å². The van der Waals surface area contributed by atoms with Crippen LogP contribution in [-0.4, -0.2) is 4.98 Å². The maximum absolute atomic E-state index is 12.1. The van der Waals surface area contributed by atoms with Crippen LogP contribution in [0.1, 0.15) is 17.7 Å². The van der Waals surface area contributed by atoms with Crippen LogP contribution in [0, 0.1) is 6.92 Å². The van der Waals surface area contributed by atoms with Crippen LogP contribution in [0.5, 0.6) is 0 Å². The highest BCUT2D eigenvalue weighted by Gasteiger charge is 2.12. The summed E-state index contributed by atoms with van der Waals surface area (Å²) in [6.07, 6.45) is -2.58. The summed E-state index contributed by atoms with van der Waals surface area (Å²) in [5, 5.41) is 0.111. The largest absolute Gasteiger partial charge is 0.280 e. The zero-order valence-electron chi connectivity index (χ0n) is 6.11. The molecular weight excluding hydrogens is 251 g/mol. The van der Waals surface area contributed by atoms with Crippen molar-refractivity contribution in [3.8, 4) is 0 Å². The summed E-state index contributed by atoms with van der Waals surface area (Å²) < 4.78 is 24.8. The predicted molar refractivity (Wildman–Crippen MR) is 46.6 cm³/mol. The zero-order chi connectivity index (χ0) is 9.30. The third-order valence-electron chi connectivity index (χ3n) is 1.39. The van der Waals surface area contributed by atoms with E-state index in [2.05, 4.69) is 20.9 Å². The van der Waals surface area contributed by atoms with Crippen molar-refractivity contribution in [3.63, 3.8) is 0 Å². The number of pyridine rings is 1. The van der Waals surface area contributed by atoms with Gasteiger partial charge in [0.05, 0.1) is 0 Å². The van der Waals surface area contributed by atoms with Crippen molar-refractivity contribution in [2.24, 2.45) is 0 Å². The van der Waals surface area contributed by atoms with E-state index in [4.69, 9.17) is 11.6 Å². The Kier molecular flexibility index (Phi) is 3.01. The molecule has 0 aliphatic heterocycles. The summed E-state index contributed by atoms with van der Waals surface area (Å²) in [5.74, 6) is 0. The van der Waals surface area contributed by atoms with Gasteiger partial charge in [0.2, 0.25) is 0 Å². The monoisotopic (exact) mass is 255 g/mol. The van der Waals surface area contributed by atoms with Gasteiger partial charge in [-0.2, -0.15) is 0 Å². The first kappa shape index (κ1) is 9.86. The third kappa shape index (κ3) is 1.93. The van der Waals surface area contributed by atoms with E-state index in [0.29, 0.717) is 10.0 Å². The van der Waals surface area contributed by atoms with Crippen LogP contribution in [-0.2, 0) is 0 Å². The molecule has 1 heterocycles. The molecule has 0 spiro atoms. The van der Waals surface area contributed by atoms with E-state index in [-0.39, 0.29) is 10.8 Å². The van der Waals surface area contributed by atoms with Crippen LogP contribution in [0.3, 0.4) is 0 Å². The molecular formula is C7H5BrClF2N. The minimum absolute atomic E-state index is 0.111. The molecule has 0 radical (unpaired) electrons. The van der Waals surface area contributed by atoms with Crippen molar-refractivity contribution in [2.75, 3.05) is 0 Å². The smallest absolute Gasteiger partial charge is 0.235 e. The Morgan fingerprint density at radius 2 is 2.17 bits per heavy atom. The normalized spacial score (nSPS) is 10.8. The van der Waals surface area contributed by atoms with Crippen molar-refractivity contribution in [3.05, 3.63) is 26.9 Å². The summed E-state index contributed by atoms with van der Waals surface area (Å²) in [6, 6.07) is 1.27. The fourth-order valence-corrected chi connectivity index (χ4v) is 1.41.